The number of halogens is 1. The third-order valence-corrected chi connectivity index (χ3v) is 7.99. The molecule has 2 nitrogen and oxygen atoms in total. The highest BCUT2D eigenvalue weighted by Gasteiger charge is 2.67. The van der Waals surface area contributed by atoms with Gasteiger partial charge in [-0.05, 0) is 74.5 Å². The molecule has 4 fully saturated rings. The summed E-state index contributed by atoms with van der Waals surface area (Å²) >= 11 is 3.67. The lowest BCUT2D eigenvalue weighted by atomic mass is 9.78. The van der Waals surface area contributed by atoms with Gasteiger partial charge in [-0.3, -0.25) is 4.79 Å². The second-order valence-electron chi connectivity index (χ2n) is 8.10. The first-order valence-corrected chi connectivity index (χ1v) is 9.64. The second-order valence-corrected chi connectivity index (χ2v) is 8.66. The Kier molecular flexibility index (Phi) is 3.21. The number of carbonyl (C=O) groups excluding carboxylic acids is 1. The molecule has 0 radical (unpaired) electrons. The highest BCUT2D eigenvalue weighted by atomic mass is 79.9. The van der Waals surface area contributed by atoms with Crippen LogP contribution >= 0.6 is 15.9 Å². The molecule has 3 heteroatoms. The predicted octanol–water partition coefficient (Wildman–Crippen LogP) is 3.74. The first kappa shape index (κ1) is 13.6. The molecule has 4 rings (SSSR count). The lowest BCUT2D eigenvalue weighted by Crippen LogP contribution is -2.52. The maximum atomic E-state index is 12.7. The average Bonchev–Trinajstić information content (AvgIpc) is 2.91. The number of nitrogens with one attached hydrogen (secondary N) is 1. The molecule has 2 bridgehead atoms. The third kappa shape index (κ3) is 1.99. The average molecular weight is 340 g/mol. The predicted molar refractivity (Wildman–Crippen MR) is 83.6 cm³/mol. The van der Waals surface area contributed by atoms with E-state index in [-0.39, 0.29) is 5.54 Å². The number of alkyl halides is 1. The maximum absolute atomic E-state index is 12.7. The molecule has 1 amide bonds. The van der Waals surface area contributed by atoms with Crippen LogP contribution in [-0.4, -0.2) is 16.8 Å². The van der Waals surface area contributed by atoms with Gasteiger partial charge in [0.05, 0.1) is 0 Å². The molecule has 1 N–H and O–H groups in total. The van der Waals surface area contributed by atoms with E-state index in [1.54, 1.807) is 0 Å². The summed E-state index contributed by atoms with van der Waals surface area (Å²) in [5.74, 6) is 4.93. The molecule has 4 atom stereocenters. The van der Waals surface area contributed by atoms with Gasteiger partial charge < -0.3 is 5.32 Å². The number of fused-ring (bicyclic) bond motifs is 5. The van der Waals surface area contributed by atoms with Crippen LogP contribution in [0, 0.1) is 35.5 Å². The Morgan fingerprint density at radius 3 is 2.30 bits per heavy atom. The molecule has 4 aliphatic carbocycles. The van der Waals surface area contributed by atoms with E-state index in [9.17, 15) is 4.79 Å². The zero-order valence-electron chi connectivity index (χ0n) is 12.4. The Hall–Kier alpha value is -0.0500. The number of carbonyl (C=O) groups is 1. The molecular formula is C17H26BrNO. The molecule has 0 saturated heterocycles. The SMILES string of the molecule is CC1CCC(CBr)(NC(=O)C2C3C4CCC(C4)C23)CC1. The molecule has 112 valence electrons. The topological polar surface area (TPSA) is 29.1 Å². The minimum absolute atomic E-state index is 0.0551. The van der Waals surface area contributed by atoms with E-state index in [1.807, 2.05) is 0 Å². The largest absolute Gasteiger partial charge is 0.350 e. The molecule has 0 heterocycles. The van der Waals surface area contributed by atoms with Gasteiger partial charge in [0.2, 0.25) is 5.91 Å². The standard InChI is InChI=1S/C17H26BrNO/c1-10-4-6-17(9-18,7-5-10)19-16(20)15-13-11-2-3-12(8-11)14(13)15/h10-15H,2-9H2,1H3,(H,19,20). The van der Waals surface area contributed by atoms with Crippen LogP contribution in [0.1, 0.15) is 51.9 Å². The fourth-order valence-electron chi connectivity index (χ4n) is 5.63. The summed E-state index contributed by atoms with van der Waals surface area (Å²) in [6, 6.07) is 0. The van der Waals surface area contributed by atoms with Crippen LogP contribution in [0.5, 0.6) is 0 Å². The minimum atomic E-state index is 0.0551. The zero-order chi connectivity index (χ0) is 13.9. The highest BCUT2D eigenvalue weighted by Crippen LogP contribution is 2.69. The summed E-state index contributed by atoms with van der Waals surface area (Å²) in [7, 11) is 0. The summed E-state index contributed by atoms with van der Waals surface area (Å²) in [6.45, 7) is 2.34. The molecular weight excluding hydrogens is 314 g/mol. The Labute approximate surface area is 130 Å². The van der Waals surface area contributed by atoms with Gasteiger partial charge in [0.15, 0.2) is 0 Å². The van der Waals surface area contributed by atoms with E-state index < -0.39 is 0 Å². The van der Waals surface area contributed by atoms with Gasteiger partial charge in [0, 0.05) is 16.8 Å². The number of amides is 1. The summed E-state index contributed by atoms with van der Waals surface area (Å²) in [5.41, 5.74) is 0.0551. The van der Waals surface area contributed by atoms with Crippen LogP contribution in [0.3, 0.4) is 0 Å². The molecule has 4 saturated carbocycles. The Balaban J connectivity index is 1.40. The van der Waals surface area contributed by atoms with Crippen LogP contribution < -0.4 is 5.32 Å². The van der Waals surface area contributed by atoms with Crippen LogP contribution in [0.15, 0.2) is 0 Å². The highest BCUT2D eigenvalue weighted by molar-refractivity contribution is 9.09. The van der Waals surface area contributed by atoms with E-state index in [1.165, 1.54) is 32.1 Å². The summed E-state index contributed by atoms with van der Waals surface area (Å²) in [4.78, 5) is 12.7. The van der Waals surface area contributed by atoms with Gasteiger partial charge in [-0.25, -0.2) is 0 Å². The van der Waals surface area contributed by atoms with Crippen LogP contribution in [-0.2, 0) is 4.79 Å². The van der Waals surface area contributed by atoms with Crippen molar-refractivity contribution >= 4 is 21.8 Å². The third-order valence-electron chi connectivity index (χ3n) is 6.91. The fourth-order valence-corrected chi connectivity index (χ4v) is 6.33. The van der Waals surface area contributed by atoms with Crippen molar-refractivity contribution in [3.63, 3.8) is 0 Å². The molecule has 0 aromatic carbocycles. The smallest absolute Gasteiger partial charge is 0.224 e. The first-order valence-electron chi connectivity index (χ1n) is 8.51. The van der Waals surface area contributed by atoms with Crippen molar-refractivity contribution < 1.29 is 4.79 Å². The summed E-state index contributed by atoms with van der Waals surface area (Å²) in [6.07, 6.45) is 9.05. The lowest BCUT2D eigenvalue weighted by molar-refractivity contribution is -0.125. The van der Waals surface area contributed by atoms with Gasteiger partial charge in [-0.2, -0.15) is 0 Å². The van der Waals surface area contributed by atoms with Crippen molar-refractivity contribution in [2.45, 2.75) is 57.4 Å². The Morgan fingerprint density at radius 1 is 1.15 bits per heavy atom. The number of rotatable bonds is 3. The summed E-state index contributed by atoms with van der Waals surface area (Å²) in [5, 5.41) is 4.40. The van der Waals surface area contributed by atoms with E-state index in [2.05, 4.69) is 28.2 Å². The second kappa shape index (κ2) is 4.72. The lowest BCUT2D eigenvalue weighted by Gasteiger charge is -2.39. The van der Waals surface area contributed by atoms with Crippen LogP contribution in [0.25, 0.3) is 0 Å². The van der Waals surface area contributed by atoms with Crippen molar-refractivity contribution in [2.24, 2.45) is 35.5 Å². The zero-order valence-corrected chi connectivity index (χ0v) is 14.0. The molecule has 4 unspecified atom stereocenters. The molecule has 0 aromatic heterocycles. The molecule has 20 heavy (non-hydrogen) atoms. The van der Waals surface area contributed by atoms with Gasteiger partial charge in [-0.1, -0.05) is 22.9 Å². The van der Waals surface area contributed by atoms with Gasteiger partial charge in [-0.15, -0.1) is 0 Å². The normalized spacial score (nSPS) is 52.7. The van der Waals surface area contributed by atoms with E-state index in [0.717, 1.165) is 47.8 Å². The number of hydrogen-bond donors (Lipinski definition) is 1. The van der Waals surface area contributed by atoms with Crippen molar-refractivity contribution in [1.29, 1.82) is 0 Å². The first-order chi connectivity index (χ1) is 9.63. The van der Waals surface area contributed by atoms with Gasteiger partial charge >= 0.3 is 0 Å². The van der Waals surface area contributed by atoms with Crippen LogP contribution in [0.4, 0.5) is 0 Å². The van der Waals surface area contributed by atoms with E-state index >= 15 is 0 Å². The van der Waals surface area contributed by atoms with Crippen molar-refractivity contribution in [3.8, 4) is 0 Å². The Morgan fingerprint density at radius 2 is 1.75 bits per heavy atom. The maximum Gasteiger partial charge on any atom is 0.224 e. The monoisotopic (exact) mass is 339 g/mol. The molecule has 0 aliphatic heterocycles. The van der Waals surface area contributed by atoms with Gasteiger partial charge in [0.25, 0.3) is 0 Å². The van der Waals surface area contributed by atoms with Gasteiger partial charge in [0.1, 0.15) is 0 Å². The molecule has 0 spiro atoms. The van der Waals surface area contributed by atoms with Crippen molar-refractivity contribution in [2.75, 3.05) is 5.33 Å². The van der Waals surface area contributed by atoms with Crippen molar-refractivity contribution in [1.82, 2.24) is 5.32 Å². The number of hydrogen-bond acceptors (Lipinski definition) is 1. The van der Waals surface area contributed by atoms with E-state index in [4.69, 9.17) is 0 Å². The van der Waals surface area contributed by atoms with E-state index in [0.29, 0.717) is 11.8 Å². The van der Waals surface area contributed by atoms with Crippen molar-refractivity contribution in [3.05, 3.63) is 0 Å². The molecule has 0 aromatic rings. The Bertz CT molecular complexity index is 399. The summed E-state index contributed by atoms with van der Waals surface area (Å²) < 4.78 is 0. The van der Waals surface area contributed by atoms with Crippen LogP contribution in [0.2, 0.25) is 0 Å². The molecule has 4 aliphatic rings. The minimum Gasteiger partial charge on any atom is -0.350 e. The fraction of sp³-hybridized carbons (Fsp3) is 0.941. The quantitative estimate of drug-likeness (QED) is 0.779.